The van der Waals surface area contributed by atoms with Crippen molar-refractivity contribution in [2.45, 2.75) is 38.1 Å². The molecular weight excluding hydrogens is 377 g/mol. The quantitative estimate of drug-likeness (QED) is 0.434. The topological polar surface area (TPSA) is 86.7 Å². The summed E-state index contributed by atoms with van der Waals surface area (Å²) < 4.78 is 68.1. The van der Waals surface area contributed by atoms with Crippen LogP contribution in [0, 0.1) is 5.41 Å². The van der Waals surface area contributed by atoms with E-state index in [1.807, 2.05) is 0 Å². The molecule has 0 radical (unpaired) electrons. The van der Waals surface area contributed by atoms with Crippen molar-refractivity contribution in [3.05, 3.63) is 29.3 Å². The summed E-state index contributed by atoms with van der Waals surface area (Å²) in [6.45, 7) is 1.76. The van der Waals surface area contributed by atoms with Crippen molar-refractivity contribution >= 4 is 21.9 Å². The molecule has 0 aliphatic heterocycles. The minimum atomic E-state index is -5.78. The molecule has 0 bridgehead atoms. The minimum Gasteiger partial charge on any atom is -0.469 e. The van der Waals surface area contributed by atoms with Crippen LogP contribution < -0.4 is 4.18 Å². The highest BCUT2D eigenvalue weighted by Crippen LogP contribution is 2.42. The Bertz CT molecular complexity index is 831. The smallest absolute Gasteiger partial charge is 0.469 e. The van der Waals surface area contributed by atoms with E-state index in [1.54, 1.807) is 6.92 Å². The normalized spacial score (nSPS) is 20.4. The highest BCUT2D eigenvalue weighted by Gasteiger charge is 2.49. The van der Waals surface area contributed by atoms with Gasteiger partial charge >= 0.3 is 21.6 Å². The molecule has 0 saturated carbocycles. The van der Waals surface area contributed by atoms with Crippen LogP contribution in [-0.4, -0.2) is 32.8 Å². The summed E-state index contributed by atoms with van der Waals surface area (Å²) in [6.07, 6.45) is 0.870. The van der Waals surface area contributed by atoms with E-state index in [1.165, 1.54) is 13.2 Å². The van der Waals surface area contributed by atoms with Crippen molar-refractivity contribution in [1.82, 2.24) is 0 Å². The molecule has 0 aromatic heterocycles. The van der Waals surface area contributed by atoms with Crippen LogP contribution in [0.15, 0.2) is 18.2 Å². The molecular formula is C16H17F3O6S. The number of ketones is 1. The standard InChI is InChI=1S/C16H17F3O6S/c1-3-15(9-13(20)24-2)7-6-10-8-11(4-5-12(10)14(15)21)25-26(22,23)16(17,18)19/h4-5,8H,3,6-7,9H2,1-2H3/t15-/m0/s1. The summed E-state index contributed by atoms with van der Waals surface area (Å²) in [5.74, 6) is -1.37. The lowest BCUT2D eigenvalue weighted by Crippen LogP contribution is -2.38. The Morgan fingerprint density at radius 1 is 1.31 bits per heavy atom. The van der Waals surface area contributed by atoms with Crippen LogP contribution in [0.1, 0.15) is 42.1 Å². The van der Waals surface area contributed by atoms with Crippen LogP contribution in [0.5, 0.6) is 5.75 Å². The number of rotatable bonds is 5. The Morgan fingerprint density at radius 2 is 1.96 bits per heavy atom. The number of carbonyl (C=O) groups excluding carboxylic acids is 2. The third kappa shape index (κ3) is 3.69. The van der Waals surface area contributed by atoms with Crippen molar-refractivity contribution in [2.75, 3.05) is 7.11 Å². The van der Waals surface area contributed by atoms with E-state index in [2.05, 4.69) is 8.92 Å². The molecule has 26 heavy (non-hydrogen) atoms. The first kappa shape index (κ1) is 20.2. The first-order valence-corrected chi connectivity index (χ1v) is 9.12. The highest BCUT2D eigenvalue weighted by atomic mass is 32.2. The van der Waals surface area contributed by atoms with Crippen LogP contribution in [0.4, 0.5) is 13.2 Å². The molecule has 1 aliphatic carbocycles. The van der Waals surface area contributed by atoms with Gasteiger partial charge < -0.3 is 8.92 Å². The van der Waals surface area contributed by atoms with Gasteiger partial charge in [-0.05, 0) is 43.0 Å². The molecule has 10 heteroatoms. The lowest BCUT2D eigenvalue weighted by atomic mass is 9.67. The van der Waals surface area contributed by atoms with Crippen molar-refractivity contribution in [3.63, 3.8) is 0 Å². The number of Topliss-reactive ketones (excluding diaryl/α,β-unsaturated/α-hetero) is 1. The number of hydrogen-bond acceptors (Lipinski definition) is 6. The molecule has 1 aliphatic rings. The molecule has 0 amide bonds. The Labute approximate surface area is 148 Å². The van der Waals surface area contributed by atoms with Gasteiger partial charge in [0.1, 0.15) is 5.75 Å². The Kier molecular flexibility index (Phi) is 5.36. The van der Waals surface area contributed by atoms with E-state index < -0.39 is 32.8 Å². The van der Waals surface area contributed by atoms with E-state index in [0.717, 1.165) is 12.1 Å². The van der Waals surface area contributed by atoms with E-state index in [-0.39, 0.29) is 24.2 Å². The lowest BCUT2D eigenvalue weighted by molar-refractivity contribution is -0.143. The molecule has 1 atom stereocenters. The van der Waals surface area contributed by atoms with Gasteiger partial charge in [-0.1, -0.05) is 6.92 Å². The van der Waals surface area contributed by atoms with Gasteiger partial charge in [0, 0.05) is 11.0 Å². The van der Waals surface area contributed by atoms with E-state index in [0.29, 0.717) is 18.4 Å². The van der Waals surface area contributed by atoms with Gasteiger partial charge in [-0.15, -0.1) is 0 Å². The van der Waals surface area contributed by atoms with Gasteiger partial charge in [0.15, 0.2) is 5.78 Å². The number of esters is 1. The first-order valence-electron chi connectivity index (χ1n) is 7.71. The van der Waals surface area contributed by atoms with Gasteiger partial charge in [-0.3, -0.25) is 9.59 Å². The third-order valence-corrected chi connectivity index (χ3v) is 5.53. The maximum absolute atomic E-state index is 12.8. The largest absolute Gasteiger partial charge is 0.534 e. The number of halogens is 3. The van der Waals surface area contributed by atoms with Gasteiger partial charge in [-0.2, -0.15) is 21.6 Å². The average Bonchev–Trinajstić information content (AvgIpc) is 2.56. The molecule has 6 nitrogen and oxygen atoms in total. The molecule has 144 valence electrons. The van der Waals surface area contributed by atoms with Crippen LogP contribution >= 0.6 is 0 Å². The zero-order valence-corrected chi connectivity index (χ0v) is 14.9. The van der Waals surface area contributed by atoms with Crippen LogP contribution in [0.2, 0.25) is 0 Å². The molecule has 0 spiro atoms. The molecule has 2 rings (SSSR count). The van der Waals surface area contributed by atoms with Crippen LogP contribution in [-0.2, 0) is 26.1 Å². The van der Waals surface area contributed by atoms with E-state index in [9.17, 15) is 31.2 Å². The molecule has 0 N–H and O–H groups in total. The Hall–Kier alpha value is -2.10. The SMILES string of the molecule is CC[C@@]1(CC(=O)OC)CCc2cc(OS(=O)(=O)C(F)(F)F)ccc2C1=O. The predicted octanol–water partition coefficient (Wildman–Crippen LogP) is 3.00. The summed E-state index contributed by atoms with van der Waals surface area (Å²) in [7, 11) is -4.56. The number of hydrogen-bond donors (Lipinski definition) is 0. The van der Waals surface area contributed by atoms with Crippen molar-refractivity contribution in [3.8, 4) is 5.75 Å². The number of carbonyl (C=O) groups is 2. The van der Waals surface area contributed by atoms with Crippen molar-refractivity contribution in [2.24, 2.45) is 5.41 Å². The van der Waals surface area contributed by atoms with Crippen LogP contribution in [0.3, 0.4) is 0 Å². The van der Waals surface area contributed by atoms with Crippen molar-refractivity contribution in [1.29, 1.82) is 0 Å². The fraction of sp³-hybridized carbons (Fsp3) is 0.500. The maximum atomic E-state index is 12.8. The summed E-state index contributed by atoms with van der Waals surface area (Å²) in [5, 5.41) is 0. The first-order chi connectivity index (χ1) is 12.0. The van der Waals surface area contributed by atoms with Gasteiger partial charge in [0.05, 0.1) is 13.5 Å². The predicted molar refractivity (Wildman–Crippen MR) is 84.1 cm³/mol. The number of aryl methyl sites for hydroxylation is 1. The van der Waals surface area contributed by atoms with Gasteiger partial charge in [0.25, 0.3) is 0 Å². The summed E-state index contributed by atoms with van der Waals surface area (Å²) in [6, 6.07) is 3.32. The molecule has 0 saturated heterocycles. The fourth-order valence-corrected chi connectivity index (χ4v) is 3.43. The fourth-order valence-electron chi connectivity index (χ4n) is 2.98. The summed E-state index contributed by atoms with van der Waals surface area (Å²) >= 11 is 0. The number of benzene rings is 1. The van der Waals surface area contributed by atoms with Crippen LogP contribution in [0.25, 0.3) is 0 Å². The van der Waals surface area contributed by atoms with Crippen molar-refractivity contribution < 1.29 is 40.1 Å². The van der Waals surface area contributed by atoms with E-state index in [4.69, 9.17) is 0 Å². The Balaban J connectivity index is 2.34. The van der Waals surface area contributed by atoms with Gasteiger partial charge in [0.2, 0.25) is 0 Å². The number of ether oxygens (including phenoxy) is 1. The second-order valence-corrected chi connectivity index (χ2v) is 7.56. The number of fused-ring (bicyclic) bond motifs is 1. The maximum Gasteiger partial charge on any atom is 0.534 e. The second kappa shape index (κ2) is 6.90. The minimum absolute atomic E-state index is 0.0982. The molecule has 0 unspecified atom stereocenters. The zero-order valence-electron chi connectivity index (χ0n) is 14.1. The summed E-state index contributed by atoms with van der Waals surface area (Å²) in [4.78, 5) is 24.5. The monoisotopic (exact) mass is 394 g/mol. The third-order valence-electron chi connectivity index (χ3n) is 4.55. The zero-order chi connectivity index (χ0) is 19.8. The van der Waals surface area contributed by atoms with Gasteiger partial charge in [-0.25, -0.2) is 0 Å². The molecule has 0 fully saturated rings. The second-order valence-electron chi connectivity index (χ2n) is 6.02. The summed E-state index contributed by atoms with van der Waals surface area (Å²) in [5.41, 5.74) is -5.88. The molecule has 1 aromatic rings. The molecule has 0 heterocycles. The molecule has 1 aromatic carbocycles. The van der Waals surface area contributed by atoms with E-state index >= 15 is 0 Å². The number of alkyl halides is 3. The lowest BCUT2D eigenvalue weighted by Gasteiger charge is -2.35. The average molecular weight is 394 g/mol. The highest BCUT2D eigenvalue weighted by molar-refractivity contribution is 7.88. The Morgan fingerprint density at radius 3 is 2.50 bits per heavy atom. The number of methoxy groups -OCH3 is 1.